The van der Waals surface area contributed by atoms with Gasteiger partial charge in [-0.2, -0.15) is 0 Å². The number of aryl methyl sites for hydroxylation is 2. The van der Waals surface area contributed by atoms with E-state index in [0.717, 1.165) is 5.69 Å². The molecule has 0 saturated carbocycles. The molecule has 0 aromatic heterocycles. The van der Waals surface area contributed by atoms with E-state index < -0.39 is 0 Å². The number of ether oxygens (including phenoxy) is 1. The molecule has 88 valence electrons. The van der Waals surface area contributed by atoms with Gasteiger partial charge in [-0.25, -0.2) is 0 Å². The molecule has 1 N–H and O–H groups in total. The zero-order chi connectivity index (χ0) is 12.1. The van der Waals surface area contributed by atoms with Gasteiger partial charge >= 0.3 is 5.97 Å². The van der Waals surface area contributed by atoms with E-state index in [-0.39, 0.29) is 11.9 Å². The van der Waals surface area contributed by atoms with Gasteiger partial charge in [0.25, 0.3) is 0 Å². The van der Waals surface area contributed by atoms with Crippen LogP contribution in [-0.4, -0.2) is 19.6 Å². The number of nitrogens with one attached hydrogen (secondary N) is 1. The van der Waals surface area contributed by atoms with E-state index in [1.165, 1.54) is 18.2 Å². The third kappa shape index (κ3) is 2.99. The van der Waals surface area contributed by atoms with E-state index in [9.17, 15) is 4.79 Å². The fourth-order valence-corrected chi connectivity index (χ4v) is 1.63. The molecule has 0 heterocycles. The van der Waals surface area contributed by atoms with Crippen molar-refractivity contribution in [3.63, 3.8) is 0 Å². The van der Waals surface area contributed by atoms with Crippen molar-refractivity contribution in [3.8, 4) is 0 Å². The number of esters is 1. The number of hydrogen-bond acceptors (Lipinski definition) is 3. The molecular weight excluding hydrogens is 202 g/mol. The van der Waals surface area contributed by atoms with Crippen molar-refractivity contribution in [1.82, 2.24) is 0 Å². The molecule has 0 spiro atoms. The quantitative estimate of drug-likeness (QED) is 0.794. The Morgan fingerprint density at radius 2 is 1.94 bits per heavy atom. The minimum Gasteiger partial charge on any atom is -0.469 e. The second-order valence-corrected chi connectivity index (χ2v) is 4.07. The Morgan fingerprint density at radius 1 is 1.38 bits per heavy atom. The average molecular weight is 221 g/mol. The highest BCUT2D eigenvalue weighted by Gasteiger charge is 2.13. The van der Waals surface area contributed by atoms with Gasteiger partial charge in [-0.3, -0.25) is 4.79 Å². The van der Waals surface area contributed by atoms with Gasteiger partial charge in [0.2, 0.25) is 0 Å². The van der Waals surface area contributed by atoms with Crippen LogP contribution < -0.4 is 5.32 Å². The highest BCUT2D eigenvalue weighted by atomic mass is 16.5. The van der Waals surface area contributed by atoms with Crippen LogP contribution in [0.4, 0.5) is 5.69 Å². The lowest BCUT2D eigenvalue weighted by Gasteiger charge is -2.15. The maximum atomic E-state index is 11.2. The highest BCUT2D eigenvalue weighted by Crippen LogP contribution is 2.19. The number of methoxy groups -OCH3 is 1. The molecule has 1 aromatic rings. The summed E-state index contributed by atoms with van der Waals surface area (Å²) in [6.07, 6.45) is 0. The van der Waals surface area contributed by atoms with Crippen LogP contribution in [0.15, 0.2) is 18.2 Å². The van der Waals surface area contributed by atoms with Gasteiger partial charge in [0.15, 0.2) is 0 Å². The molecule has 1 unspecified atom stereocenters. The van der Waals surface area contributed by atoms with Gasteiger partial charge in [0, 0.05) is 12.2 Å². The van der Waals surface area contributed by atoms with Crippen LogP contribution >= 0.6 is 0 Å². The lowest BCUT2D eigenvalue weighted by molar-refractivity contribution is -0.144. The molecule has 16 heavy (non-hydrogen) atoms. The predicted octanol–water partition coefficient (Wildman–Crippen LogP) is 2.52. The molecule has 1 atom stereocenters. The third-order valence-corrected chi connectivity index (χ3v) is 2.67. The number of rotatable bonds is 4. The first kappa shape index (κ1) is 12.6. The maximum absolute atomic E-state index is 11.2. The summed E-state index contributed by atoms with van der Waals surface area (Å²) in [5.74, 6) is -0.317. The van der Waals surface area contributed by atoms with Crippen LogP contribution in [-0.2, 0) is 9.53 Å². The molecule has 0 bridgehead atoms. The SMILES string of the molecule is COC(=O)C(C)CNc1c(C)cccc1C. The molecule has 0 fully saturated rings. The normalized spacial score (nSPS) is 12.0. The fourth-order valence-electron chi connectivity index (χ4n) is 1.63. The molecule has 0 aliphatic rings. The Kier molecular flexibility index (Phi) is 4.35. The highest BCUT2D eigenvalue weighted by molar-refractivity contribution is 5.72. The van der Waals surface area contributed by atoms with Crippen molar-refractivity contribution < 1.29 is 9.53 Å². The molecular formula is C13H19NO2. The number of hydrogen-bond donors (Lipinski definition) is 1. The van der Waals surface area contributed by atoms with Crippen molar-refractivity contribution in [2.75, 3.05) is 19.0 Å². The molecule has 0 amide bonds. The summed E-state index contributed by atoms with van der Waals surface area (Å²) in [7, 11) is 1.41. The molecule has 3 nitrogen and oxygen atoms in total. The van der Waals surface area contributed by atoms with E-state index >= 15 is 0 Å². The molecule has 0 radical (unpaired) electrons. The summed E-state index contributed by atoms with van der Waals surface area (Å²) in [6, 6.07) is 6.13. The molecule has 1 aromatic carbocycles. The third-order valence-electron chi connectivity index (χ3n) is 2.67. The first-order chi connectivity index (χ1) is 7.56. The summed E-state index contributed by atoms with van der Waals surface area (Å²) in [6.45, 7) is 6.56. The molecule has 3 heteroatoms. The second-order valence-electron chi connectivity index (χ2n) is 4.07. The second kappa shape index (κ2) is 5.54. The van der Waals surface area contributed by atoms with Crippen LogP contribution in [0.3, 0.4) is 0 Å². The minimum atomic E-state index is -0.182. The van der Waals surface area contributed by atoms with Crippen molar-refractivity contribution in [2.24, 2.45) is 5.92 Å². The fraction of sp³-hybridized carbons (Fsp3) is 0.462. The largest absolute Gasteiger partial charge is 0.469 e. The Hall–Kier alpha value is -1.51. The monoisotopic (exact) mass is 221 g/mol. The van der Waals surface area contributed by atoms with Crippen molar-refractivity contribution in [3.05, 3.63) is 29.3 Å². The first-order valence-electron chi connectivity index (χ1n) is 5.44. The first-order valence-corrected chi connectivity index (χ1v) is 5.44. The van der Waals surface area contributed by atoms with Gasteiger partial charge in [-0.1, -0.05) is 25.1 Å². The molecule has 0 aliphatic heterocycles. The average Bonchev–Trinajstić information content (AvgIpc) is 2.27. The Morgan fingerprint density at radius 3 is 2.44 bits per heavy atom. The maximum Gasteiger partial charge on any atom is 0.310 e. The van der Waals surface area contributed by atoms with Gasteiger partial charge < -0.3 is 10.1 Å². The summed E-state index contributed by atoms with van der Waals surface area (Å²) < 4.78 is 4.68. The van der Waals surface area contributed by atoms with Crippen molar-refractivity contribution >= 4 is 11.7 Å². The van der Waals surface area contributed by atoms with Gasteiger partial charge in [-0.05, 0) is 25.0 Å². The van der Waals surface area contributed by atoms with Gasteiger partial charge in [0.1, 0.15) is 0 Å². The molecule has 1 rings (SSSR count). The smallest absolute Gasteiger partial charge is 0.310 e. The molecule has 0 saturated heterocycles. The zero-order valence-corrected chi connectivity index (χ0v) is 10.3. The Labute approximate surface area is 96.8 Å². The summed E-state index contributed by atoms with van der Waals surface area (Å²) in [5, 5.41) is 3.30. The lowest BCUT2D eigenvalue weighted by Crippen LogP contribution is -2.22. The van der Waals surface area contributed by atoms with Gasteiger partial charge in [-0.15, -0.1) is 0 Å². The Bertz CT molecular complexity index is 354. The standard InChI is InChI=1S/C13H19NO2/c1-9-6-5-7-10(2)12(9)14-8-11(3)13(15)16-4/h5-7,11,14H,8H2,1-4H3. The summed E-state index contributed by atoms with van der Waals surface area (Å²) in [5.41, 5.74) is 3.49. The summed E-state index contributed by atoms with van der Waals surface area (Å²) in [4.78, 5) is 11.2. The number of para-hydroxylation sites is 1. The number of carbonyl (C=O) groups is 1. The summed E-state index contributed by atoms with van der Waals surface area (Å²) >= 11 is 0. The number of benzene rings is 1. The lowest BCUT2D eigenvalue weighted by atomic mass is 10.1. The van der Waals surface area contributed by atoms with Crippen LogP contribution in [0.5, 0.6) is 0 Å². The van der Waals surface area contributed by atoms with E-state index in [4.69, 9.17) is 0 Å². The van der Waals surface area contributed by atoms with E-state index in [1.54, 1.807) is 0 Å². The van der Waals surface area contributed by atoms with Crippen LogP contribution in [0.2, 0.25) is 0 Å². The van der Waals surface area contributed by atoms with E-state index in [1.807, 2.05) is 13.0 Å². The van der Waals surface area contributed by atoms with Gasteiger partial charge in [0.05, 0.1) is 13.0 Å². The van der Waals surface area contributed by atoms with E-state index in [0.29, 0.717) is 6.54 Å². The zero-order valence-electron chi connectivity index (χ0n) is 10.3. The topological polar surface area (TPSA) is 38.3 Å². The number of anilines is 1. The van der Waals surface area contributed by atoms with E-state index in [2.05, 4.69) is 36.0 Å². The molecule has 0 aliphatic carbocycles. The van der Waals surface area contributed by atoms with Crippen molar-refractivity contribution in [1.29, 1.82) is 0 Å². The minimum absolute atomic E-state index is 0.135. The predicted molar refractivity (Wildman–Crippen MR) is 65.6 cm³/mol. The van der Waals surface area contributed by atoms with Crippen LogP contribution in [0.1, 0.15) is 18.1 Å². The van der Waals surface area contributed by atoms with Crippen LogP contribution in [0.25, 0.3) is 0 Å². The number of carbonyl (C=O) groups excluding carboxylic acids is 1. The van der Waals surface area contributed by atoms with Crippen molar-refractivity contribution in [2.45, 2.75) is 20.8 Å². The Balaban J connectivity index is 2.64. The van der Waals surface area contributed by atoms with Crippen LogP contribution in [0, 0.1) is 19.8 Å².